The SMILES string of the molecule is COc1ccc(-c2sc3c(C4CC4)c(Cc4cccc5ccccc45)cc(=O)n3c2C(=O)O)cc1C. The van der Waals surface area contributed by atoms with E-state index in [1.165, 1.54) is 32.1 Å². The van der Waals surface area contributed by atoms with Gasteiger partial charge in [0.05, 0.1) is 12.0 Å². The van der Waals surface area contributed by atoms with Crippen LogP contribution >= 0.6 is 11.3 Å². The van der Waals surface area contributed by atoms with Crippen LogP contribution in [0.3, 0.4) is 0 Å². The highest BCUT2D eigenvalue weighted by molar-refractivity contribution is 7.21. The molecule has 0 spiro atoms. The van der Waals surface area contributed by atoms with E-state index in [-0.39, 0.29) is 11.3 Å². The molecule has 1 aliphatic carbocycles. The lowest BCUT2D eigenvalue weighted by atomic mass is 9.95. The molecule has 0 aliphatic heterocycles. The van der Waals surface area contributed by atoms with E-state index >= 15 is 0 Å². The fourth-order valence-electron chi connectivity index (χ4n) is 5.22. The molecule has 6 rings (SSSR count). The number of aryl methyl sites for hydroxylation is 1. The van der Waals surface area contributed by atoms with Crippen LogP contribution in [0.1, 0.15) is 51.5 Å². The number of carbonyl (C=O) groups is 1. The maximum absolute atomic E-state index is 13.5. The molecule has 180 valence electrons. The summed E-state index contributed by atoms with van der Waals surface area (Å²) in [6.07, 6.45) is 2.73. The molecule has 3 aromatic carbocycles. The molecule has 0 radical (unpaired) electrons. The standard InChI is InChI=1S/C30H25NO4S/c1-17-14-21(12-13-24(17)35-2)28-27(30(33)34)31-25(32)16-22(26(19-10-11-19)29(31)36-28)15-20-8-5-7-18-6-3-4-9-23(18)20/h3-9,12-14,16,19H,10-11,15H2,1-2H3,(H,33,34). The van der Waals surface area contributed by atoms with Gasteiger partial charge in [0.2, 0.25) is 0 Å². The van der Waals surface area contributed by atoms with Gasteiger partial charge in [-0.25, -0.2) is 4.79 Å². The van der Waals surface area contributed by atoms with Gasteiger partial charge in [0, 0.05) is 6.07 Å². The van der Waals surface area contributed by atoms with E-state index in [0.717, 1.165) is 45.7 Å². The van der Waals surface area contributed by atoms with Crippen molar-refractivity contribution in [2.45, 2.75) is 32.1 Å². The topological polar surface area (TPSA) is 68.0 Å². The van der Waals surface area contributed by atoms with Crippen molar-refractivity contribution in [2.24, 2.45) is 0 Å². The third kappa shape index (κ3) is 3.69. The molecular formula is C30H25NO4S. The van der Waals surface area contributed by atoms with Gasteiger partial charge in [-0.15, -0.1) is 11.3 Å². The predicted octanol–water partition coefficient (Wildman–Crippen LogP) is 6.66. The number of nitrogens with zero attached hydrogens (tertiary/aromatic N) is 1. The molecule has 2 heterocycles. The lowest BCUT2D eigenvalue weighted by Gasteiger charge is -2.13. The number of aromatic carboxylic acids is 1. The van der Waals surface area contributed by atoms with Gasteiger partial charge in [0.25, 0.3) is 5.56 Å². The Morgan fingerprint density at radius 1 is 1.06 bits per heavy atom. The number of ether oxygens (including phenoxy) is 1. The fraction of sp³-hybridized carbons (Fsp3) is 0.200. The van der Waals surface area contributed by atoms with Gasteiger partial charge in [0.1, 0.15) is 10.6 Å². The molecular weight excluding hydrogens is 470 g/mol. The highest BCUT2D eigenvalue weighted by Gasteiger charge is 2.32. The second kappa shape index (κ2) is 8.64. The third-order valence-electron chi connectivity index (χ3n) is 7.04. The number of hydrogen-bond acceptors (Lipinski definition) is 4. The van der Waals surface area contributed by atoms with Crippen molar-refractivity contribution in [1.29, 1.82) is 0 Å². The van der Waals surface area contributed by atoms with E-state index < -0.39 is 5.97 Å². The molecule has 0 unspecified atom stereocenters. The Balaban J connectivity index is 1.59. The zero-order valence-corrected chi connectivity index (χ0v) is 20.9. The molecule has 0 amide bonds. The summed E-state index contributed by atoms with van der Waals surface area (Å²) >= 11 is 1.41. The Morgan fingerprint density at radius 2 is 1.83 bits per heavy atom. The summed E-state index contributed by atoms with van der Waals surface area (Å²) in [5.41, 5.74) is 4.70. The molecule has 2 aromatic heterocycles. The molecule has 1 fully saturated rings. The summed E-state index contributed by atoms with van der Waals surface area (Å²) in [5, 5.41) is 12.5. The third-order valence-corrected chi connectivity index (χ3v) is 8.27. The summed E-state index contributed by atoms with van der Waals surface area (Å²) in [7, 11) is 1.61. The number of hydrogen-bond donors (Lipinski definition) is 1. The molecule has 6 heteroatoms. The highest BCUT2D eigenvalue weighted by atomic mass is 32.1. The van der Waals surface area contributed by atoms with Crippen LogP contribution in [-0.2, 0) is 6.42 Å². The van der Waals surface area contributed by atoms with Gasteiger partial charge in [-0.05, 0) is 88.9 Å². The van der Waals surface area contributed by atoms with Crippen LogP contribution in [0.4, 0.5) is 0 Å². The first kappa shape index (κ1) is 22.6. The van der Waals surface area contributed by atoms with Crippen molar-refractivity contribution < 1.29 is 14.6 Å². The molecule has 0 bridgehead atoms. The summed E-state index contributed by atoms with van der Waals surface area (Å²) in [5.74, 6) is -0.0170. The fourth-order valence-corrected chi connectivity index (χ4v) is 6.62. The average Bonchev–Trinajstić information content (AvgIpc) is 3.62. The van der Waals surface area contributed by atoms with Crippen LogP contribution in [0.2, 0.25) is 0 Å². The second-order valence-electron chi connectivity index (χ2n) is 9.42. The monoisotopic (exact) mass is 495 g/mol. The number of fused-ring (bicyclic) bond motifs is 2. The first-order valence-electron chi connectivity index (χ1n) is 12.0. The predicted molar refractivity (Wildman–Crippen MR) is 144 cm³/mol. The Bertz CT molecular complexity index is 1720. The van der Waals surface area contributed by atoms with Crippen molar-refractivity contribution in [3.8, 4) is 16.2 Å². The molecule has 1 aliphatic rings. The van der Waals surface area contributed by atoms with Crippen molar-refractivity contribution in [3.63, 3.8) is 0 Å². The maximum atomic E-state index is 13.5. The van der Waals surface area contributed by atoms with E-state index in [1.807, 2.05) is 37.3 Å². The van der Waals surface area contributed by atoms with Crippen LogP contribution < -0.4 is 10.3 Å². The van der Waals surface area contributed by atoms with Gasteiger partial charge in [-0.3, -0.25) is 9.20 Å². The Morgan fingerprint density at radius 3 is 2.56 bits per heavy atom. The van der Waals surface area contributed by atoms with Gasteiger partial charge >= 0.3 is 5.97 Å². The van der Waals surface area contributed by atoms with Crippen molar-refractivity contribution in [3.05, 3.63) is 105 Å². The largest absolute Gasteiger partial charge is 0.496 e. The number of rotatable bonds is 6. The van der Waals surface area contributed by atoms with Gasteiger partial charge in [-0.2, -0.15) is 0 Å². The van der Waals surface area contributed by atoms with E-state index in [9.17, 15) is 14.7 Å². The summed E-state index contributed by atoms with van der Waals surface area (Å²) < 4.78 is 6.80. The van der Waals surface area contributed by atoms with Gasteiger partial charge < -0.3 is 9.84 Å². The highest BCUT2D eigenvalue weighted by Crippen LogP contribution is 2.47. The van der Waals surface area contributed by atoms with Crippen molar-refractivity contribution in [1.82, 2.24) is 4.40 Å². The van der Waals surface area contributed by atoms with Crippen molar-refractivity contribution >= 4 is 32.9 Å². The molecule has 36 heavy (non-hydrogen) atoms. The van der Waals surface area contributed by atoms with Gasteiger partial charge in [0.15, 0.2) is 5.69 Å². The second-order valence-corrected chi connectivity index (χ2v) is 10.4. The van der Waals surface area contributed by atoms with Gasteiger partial charge in [-0.1, -0.05) is 42.5 Å². The smallest absolute Gasteiger partial charge is 0.354 e. The Kier molecular flexibility index (Phi) is 5.41. The van der Waals surface area contributed by atoms with Crippen LogP contribution in [-0.4, -0.2) is 22.6 Å². The quantitative estimate of drug-likeness (QED) is 0.286. The number of thiazole rings is 1. The number of carboxylic acids is 1. The number of benzene rings is 3. The van der Waals surface area contributed by atoms with E-state index in [2.05, 4.69) is 30.3 Å². The minimum Gasteiger partial charge on any atom is -0.496 e. The molecule has 0 atom stereocenters. The molecule has 1 N–H and O–H groups in total. The van der Waals surface area contributed by atoms with E-state index in [1.54, 1.807) is 13.2 Å². The number of aromatic nitrogens is 1. The zero-order valence-electron chi connectivity index (χ0n) is 20.1. The van der Waals surface area contributed by atoms with E-state index in [4.69, 9.17) is 4.74 Å². The lowest BCUT2D eigenvalue weighted by Crippen LogP contribution is -2.19. The van der Waals surface area contributed by atoms with Crippen LogP contribution in [0.5, 0.6) is 5.75 Å². The zero-order chi connectivity index (χ0) is 25.0. The lowest BCUT2D eigenvalue weighted by molar-refractivity contribution is 0.0690. The summed E-state index contributed by atoms with van der Waals surface area (Å²) in [4.78, 5) is 27.3. The summed E-state index contributed by atoms with van der Waals surface area (Å²) in [6, 6.07) is 21.8. The minimum atomic E-state index is -1.10. The number of methoxy groups -OCH3 is 1. The summed E-state index contributed by atoms with van der Waals surface area (Å²) in [6.45, 7) is 1.93. The molecule has 0 saturated heterocycles. The Labute approximate surface area is 212 Å². The van der Waals surface area contributed by atoms with E-state index in [0.29, 0.717) is 17.2 Å². The maximum Gasteiger partial charge on any atom is 0.354 e. The van der Waals surface area contributed by atoms with Crippen LogP contribution in [0.15, 0.2) is 71.5 Å². The molecule has 5 nitrogen and oxygen atoms in total. The number of carboxylic acid groups (broad SMARTS) is 1. The minimum absolute atomic E-state index is 0.0307. The van der Waals surface area contributed by atoms with Crippen LogP contribution in [0, 0.1) is 6.92 Å². The first-order chi connectivity index (χ1) is 17.5. The number of pyridine rings is 1. The first-order valence-corrected chi connectivity index (χ1v) is 12.8. The Hall–Kier alpha value is -3.90. The average molecular weight is 496 g/mol. The van der Waals surface area contributed by atoms with Crippen molar-refractivity contribution in [2.75, 3.05) is 7.11 Å². The normalized spacial score (nSPS) is 13.4. The van der Waals surface area contributed by atoms with Crippen LogP contribution in [0.25, 0.3) is 26.0 Å². The molecule has 1 saturated carbocycles. The molecule has 5 aromatic rings.